The van der Waals surface area contributed by atoms with Crippen LogP contribution in [-0.2, 0) is 12.8 Å². The van der Waals surface area contributed by atoms with E-state index in [2.05, 4.69) is 46.4 Å². The van der Waals surface area contributed by atoms with Crippen molar-refractivity contribution < 1.29 is 8.81 Å². The van der Waals surface area contributed by atoms with E-state index in [0.29, 0.717) is 18.9 Å². The van der Waals surface area contributed by atoms with Gasteiger partial charge in [0, 0.05) is 37.3 Å². The molecule has 4 rings (SSSR count). The third kappa shape index (κ3) is 4.95. The summed E-state index contributed by atoms with van der Waals surface area (Å²) in [6.07, 6.45) is 3.35. The molecule has 1 aromatic heterocycles. The molecule has 0 amide bonds. The standard InChI is InChI=1S/C22H23FN4O.HI/c1-2-24-22(27-14-12-16-5-3-4-6-20(16)27)25-13-11-19-15-28-21(26-19)17-7-9-18(23)10-8-17;/h3-10,15H,2,11-14H2,1H3,(H,24,25);1H. The van der Waals surface area contributed by atoms with E-state index >= 15 is 0 Å². The van der Waals surface area contributed by atoms with Gasteiger partial charge in [-0.1, -0.05) is 18.2 Å². The fraction of sp³-hybridized carbons (Fsp3) is 0.273. The lowest BCUT2D eigenvalue weighted by molar-refractivity contribution is 0.572. The third-order valence-corrected chi connectivity index (χ3v) is 4.75. The van der Waals surface area contributed by atoms with Gasteiger partial charge in [-0.25, -0.2) is 9.37 Å². The summed E-state index contributed by atoms with van der Waals surface area (Å²) in [5, 5.41) is 3.38. The normalized spacial score (nSPS) is 13.2. The quantitative estimate of drug-likeness (QED) is 0.311. The van der Waals surface area contributed by atoms with Crippen LogP contribution in [-0.4, -0.2) is 30.6 Å². The maximum absolute atomic E-state index is 13.1. The number of halogens is 2. The molecule has 1 N–H and O–H groups in total. The van der Waals surface area contributed by atoms with Gasteiger partial charge in [-0.05, 0) is 49.2 Å². The largest absolute Gasteiger partial charge is 0.444 e. The van der Waals surface area contributed by atoms with Crippen molar-refractivity contribution in [1.82, 2.24) is 10.3 Å². The smallest absolute Gasteiger partial charge is 0.226 e. The van der Waals surface area contributed by atoms with Gasteiger partial charge in [0.05, 0.1) is 5.69 Å². The van der Waals surface area contributed by atoms with Crippen LogP contribution in [0.5, 0.6) is 0 Å². The molecule has 0 atom stereocenters. The molecule has 3 aromatic rings. The summed E-state index contributed by atoms with van der Waals surface area (Å²) >= 11 is 0. The Morgan fingerprint density at radius 2 is 2.00 bits per heavy atom. The Labute approximate surface area is 187 Å². The summed E-state index contributed by atoms with van der Waals surface area (Å²) in [4.78, 5) is 11.5. The topological polar surface area (TPSA) is 53.7 Å². The van der Waals surface area contributed by atoms with Crippen LogP contribution in [0.25, 0.3) is 11.5 Å². The highest BCUT2D eigenvalue weighted by atomic mass is 127. The Hall–Kier alpha value is -2.42. The Bertz CT molecular complexity index is 971. The molecule has 1 aliphatic heterocycles. The number of nitrogens with one attached hydrogen (secondary N) is 1. The summed E-state index contributed by atoms with van der Waals surface area (Å²) in [6, 6.07) is 14.6. The molecule has 1 aliphatic rings. The van der Waals surface area contributed by atoms with Gasteiger partial charge in [0.2, 0.25) is 5.89 Å². The fourth-order valence-electron chi connectivity index (χ4n) is 3.38. The minimum absolute atomic E-state index is 0. The number of para-hydroxylation sites is 1. The van der Waals surface area contributed by atoms with Gasteiger partial charge in [0.15, 0.2) is 5.96 Å². The number of anilines is 1. The molecule has 0 saturated heterocycles. The summed E-state index contributed by atoms with van der Waals surface area (Å²) in [6.45, 7) is 4.43. The molecule has 0 spiro atoms. The van der Waals surface area contributed by atoms with E-state index in [9.17, 15) is 4.39 Å². The van der Waals surface area contributed by atoms with Crippen molar-refractivity contribution in [3.63, 3.8) is 0 Å². The number of oxazole rings is 1. The number of aliphatic imine (C=N–C) groups is 1. The number of rotatable bonds is 5. The van der Waals surface area contributed by atoms with E-state index in [-0.39, 0.29) is 29.8 Å². The first kappa shape index (κ1) is 21.3. The predicted molar refractivity (Wildman–Crippen MR) is 124 cm³/mol. The lowest BCUT2D eigenvalue weighted by atomic mass is 10.2. The second-order valence-corrected chi connectivity index (χ2v) is 6.67. The van der Waals surface area contributed by atoms with Gasteiger partial charge in [-0.15, -0.1) is 24.0 Å². The second kappa shape index (κ2) is 9.87. The van der Waals surface area contributed by atoms with E-state index in [0.717, 1.165) is 36.7 Å². The molecule has 2 heterocycles. The number of benzene rings is 2. The minimum atomic E-state index is -0.274. The van der Waals surface area contributed by atoms with Crippen molar-refractivity contribution in [2.24, 2.45) is 4.99 Å². The van der Waals surface area contributed by atoms with Crippen molar-refractivity contribution in [2.45, 2.75) is 19.8 Å². The number of nitrogens with zero attached hydrogens (tertiary/aromatic N) is 3. The molecule has 7 heteroatoms. The molecule has 0 saturated carbocycles. The maximum Gasteiger partial charge on any atom is 0.226 e. The van der Waals surface area contributed by atoms with E-state index in [1.54, 1.807) is 18.4 Å². The number of hydrogen-bond donors (Lipinski definition) is 1. The molecule has 0 fully saturated rings. The zero-order chi connectivity index (χ0) is 19.3. The molecule has 152 valence electrons. The van der Waals surface area contributed by atoms with Crippen molar-refractivity contribution in [3.8, 4) is 11.5 Å². The lowest BCUT2D eigenvalue weighted by Crippen LogP contribution is -2.40. The van der Waals surface area contributed by atoms with Gasteiger partial charge in [-0.2, -0.15) is 0 Å². The van der Waals surface area contributed by atoms with E-state index in [4.69, 9.17) is 9.41 Å². The molecule has 0 aliphatic carbocycles. The molecular formula is C22H24FIN4O. The number of hydrogen-bond acceptors (Lipinski definition) is 3. The Morgan fingerprint density at radius 3 is 2.79 bits per heavy atom. The molecule has 5 nitrogen and oxygen atoms in total. The van der Waals surface area contributed by atoms with Crippen LogP contribution in [0.1, 0.15) is 18.2 Å². The van der Waals surface area contributed by atoms with Crippen LogP contribution < -0.4 is 10.2 Å². The third-order valence-electron chi connectivity index (χ3n) is 4.75. The van der Waals surface area contributed by atoms with Crippen molar-refractivity contribution in [1.29, 1.82) is 0 Å². The summed E-state index contributed by atoms with van der Waals surface area (Å²) in [5.41, 5.74) is 4.18. The van der Waals surface area contributed by atoms with Gasteiger partial charge in [0.25, 0.3) is 0 Å². The first-order valence-corrected chi connectivity index (χ1v) is 9.58. The number of aromatic nitrogens is 1. The number of fused-ring (bicyclic) bond motifs is 1. The van der Waals surface area contributed by atoms with E-state index in [1.807, 2.05) is 0 Å². The van der Waals surface area contributed by atoms with Crippen LogP contribution in [0.4, 0.5) is 10.1 Å². The first-order chi connectivity index (χ1) is 13.7. The highest BCUT2D eigenvalue weighted by molar-refractivity contribution is 14.0. The average Bonchev–Trinajstić information content (AvgIpc) is 3.35. The van der Waals surface area contributed by atoms with Crippen LogP contribution >= 0.6 is 24.0 Å². The van der Waals surface area contributed by atoms with Gasteiger partial charge in [-0.3, -0.25) is 4.99 Å². The zero-order valence-corrected chi connectivity index (χ0v) is 18.6. The van der Waals surface area contributed by atoms with Crippen molar-refractivity contribution in [2.75, 3.05) is 24.5 Å². The summed E-state index contributed by atoms with van der Waals surface area (Å²) < 4.78 is 18.6. The highest BCUT2D eigenvalue weighted by Gasteiger charge is 2.22. The monoisotopic (exact) mass is 506 g/mol. The van der Waals surface area contributed by atoms with Crippen LogP contribution in [0.3, 0.4) is 0 Å². The zero-order valence-electron chi connectivity index (χ0n) is 16.3. The Morgan fingerprint density at radius 1 is 1.21 bits per heavy atom. The predicted octanol–water partition coefficient (Wildman–Crippen LogP) is 4.67. The number of guanidine groups is 1. The maximum atomic E-state index is 13.1. The second-order valence-electron chi connectivity index (χ2n) is 6.67. The molecular weight excluding hydrogens is 482 g/mol. The van der Waals surface area contributed by atoms with Crippen LogP contribution in [0.2, 0.25) is 0 Å². The Balaban J connectivity index is 0.00000240. The van der Waals surface area contributed by atoms with Crippen molar-refractivity contribution in [3.05, 3.63) is 71.9 Å². The lowest BCUT2D eigenvalue weighted by Gasteiger charge is -2.22. The molecule has 0 unspecified atom stereocenters. The van der Waals surface area contributed by atoms with Crippen LogP contribution in [0.15, 0.2) is 64.2 Å². The van der Waals surface area contributed by atoms with Crippen molar-refractivity contribution >= 4 is 35.6 Å². The molecule has 0 bridgehead atoms. The molecule has 29 heavy (non-hydrogen) atoms. The van der Waals surface area contributed by atoms with Gasteiger partial charge in [0.1, 0.15) is 12.1 Å². The first-order valence-electron chi connectivity index (χ1n) is 9.58. The van der Waals surface area contributed by atoms with Crippen LogP contribution in [0, 0.1) is 5.82 Å². The summed E-state index contributed by atoms with van der Waals surface area (Å²) in [7, 11) is 0. The summed E-state index contributed by atoms with van der Waals surface area (Å²) in [5.74, 6) is 1.12. The van der Waals surface area contributed by atoms with E-state index in [1.165, 1.54) is 23.4 Å². The molecule has 0 radical (unpaired) electrons. The fourth-order valence-corrected chi connectivity index (χ4v) is 3.38. The molecule has 2 aromatic carbocycles. The highest BCUT2D eigenvalue weighted by Crippen LogP contribution is 2.27. The Kier molecular flexibility index (Phi) is 7.24. The average molecular weight is 506 g/mol. The van der Waals surface area contributed by atoms with Gasteiger partial charge < -0.3 is 14.6 Å². The van der Waals surface area contributed by atoms with E-state index < -0.39 is 0 Å². The minimum Gasteiger partial charge on any atom is -0.444 e. The van der Waals surface area contributed by atoms with Gasteiger partial charge >= 0.3 is 0 Å². The SMILES string of the molecule is CCNC(=NCCc1coc(-c2ccc(F)cc2)n1)N1CCc2ccccc21.I.